The number of nitrogens with one attached hydrogen (secondary N) is 1. The van der Waals surface area contributed by atoms with Gasteiger partial charge in [0.15, 0.2) is 0 Å². The number of hydrogen-bond acceptors (Lipinski definition) is 7. The van der Waals surface area contributed by atoms with Crippen LogP contribution in [0.25, 0.3) is 0 Å². The number of rotatable bonds is 2. The van der Waals surface area contributed by atoms with Gasteiger partial charge < -0.3 is 25.8 Å². The van der Waals surface area contributed by atoms with Gasteiger partial charge in [-0.15, -0.1) is 0 Å². The van der Waals surface area contributed by atoms with E-state index in [4.69, 9.17) is 15.6 Å². The SMILES string of the molecule is Nc1nc[n+]([C@@H]2O[C@H](CO)[C@H](O)C2O)c(=O)[nH]1. The van der Waals surface area contributed by atoms with Gasteiger partial charge in [0, 0.05) is 0 Å². The van der Waals surface area contributed by atoms with Crippen molar-refractivity contribution in [1.82, 2.24) is 9.97 Å². The summed E-state index contributed by atoms with van der Waals surface area (Å²) in [7, 11) is 0. The van der Waals surface area contributed by atoms with Gasteiger partial charge in [-0.25, -0.2) is 4.79 Å². The number of ether oxygens (including phenoxy) is 1. The van der Waals surface area contributed by atoms with Crippen LogP contribution in [0.1, 0.15) is 6.23 Å². The van der Waals surface area contributed by atoms with Crippen LogP contribution in [-0.4, -0.2) is 50.2 Å². The average Bonchev–Trinajstić information content (AvgIpc) is 2.57. The summed E-state index contributed by atoms with van der Waals surface area (Å²) >= 11 is 0. The van der Waals surface area contributed by atoms with E-state index in [0.29, 0.717) is 0 Å². The number of aromatic amines is 1. The monoisotopic (exact) mass is 245 g/mol. The molecule has 0 spiro atoms. The van der Waals surface area contributed by atoms with Crippen LogP contribution >= 0.6 is 0 Å². The molecule has 4 atom stereocenters. The van der Waals surface area contributed by atoms with Crippen LogP contribution in [0.2, 0.25) is 0 Å². The van der Waals surface area contributed by atoms with E-state index in [9.17, 15) is 15.0 Å². The molecule has 2 rings (SSSR count). The number of nitrogens with zero attached hydrogens (tertiary/aromatic N) is 2. The lowest BCUT2D eigenvalue weighted by Crippen LogP contribution is -2.58. The Balaban J connectivity index is 2.32. The largest absolute Gasteiger partial charge is 0.446 e. The number of nitrogens with two attached hydrogens (primary N) is 1. The van der Waals surface area contributed by atoms with Crippen LogP contribution in [0.15, 0.2) is 11.1 Å². The fourth-order valence-electron chi connectivity index (χ4n) is 1.67. The maximum Gasteiger partial charge on any atom is 0.446 e. The van der Waals surface area contributed by atoms with Crippen LogP contribution < -0.4 is 16.0 Å². The highest BCUT2D eigenvalue weighted by Gasteiger charge is 2.46. The molecule has 1 aliphatic rings. The Labute approximate surface area is 95.1 Å². The Bertz CT molecular complexity index is 463. The predicted octanol–water partition coefficient (Wildman–Crippen LogP) is -3.75. The highest BCUT2D eigenvalue weighted by atomic mass is 16.6. The minimum Gasteiger partial charge on any atom is -0.394 e. The first-order valence-electron chi connectivity index (χ1n) is 4.93. The maximum absolute atomic E-state index is 11.5. The Kier molecular flexibility index (Phi) is 3.07. The summed E-state index contributed by atoms with van der Waals surface area (Å²) in [6.45, 7) is -0.463. The highest BCUT2D eigenvalue weighted by molar-refractivity contribution is 5.07. The third-order valence-electron chi connectivity index (χ3n) is 2.58. The van der Waals surface area contributed by atoms with Crippen LogP contribution in [0.3, 0.4) is 0 Å². The van der Waals surface area contributed by atoms with Crippen molar-refractivity contribution in [2.45, 2.75) is 24.5 Å². The summed E-state index contributed by atoms with van der Waals surface area (Å²) < 4.78 is 6.11. The lowest BCUT2D eigenvalue weighted by Gasteiger charge is -2.11. The van der Waals surface area contributed by atoms with Crippen molar-refractivity contribution >= 4 is 5.95 Å². The summed E-state index contributed by atoms with van der Waals surface area (Å²) in [6, 6.07) is 0. The molecule has 1 saturated heterocycles. The molecular weight excluding hydrogens is 232 g/mol. The number of anilines is 1. The van der Waals surface area contributed by atoms with Crippen molar-refractivity contribution in [3.8, 4) is 0 Å². The van der Waals surface area contributed by atoms with Crippen molar-refractivity contribution in [3.63, 3.8) is 0 Å². The zero-order valence-corrected chi connectivity index (χ0v) is 8.72. The van der Waals surface area contributed by atoms with Crippen LogP contribution in [0.5, 0.6) is 0 Å². The van der Waals surface area contributed by atoms with Gasteiger partial charge in [0.1, 0.15) is 18.3 Å². The molecule has 0 saturated carbocycles. The first-order chi connectivity index (χ1) is 8.04. The van der Waals surface area contributed by atoms with Gasteiger partial charge in [0.2, 0.25) is 12.6 Å². The minimum atomic E-state index is -1.33. The molecule has 1 aliphatic heterocycles. The molecule has 1 aromatic rings. The third kappa shape index (κ3) is 2.00. The lowest BCUT2D eigenvalue weighted by molar-refractivity contribution is -0.782. The second-order valence-electron chi connectivity index (χ2n) is 3.70. The normalized spacial score (nSPS) is 32.9. The highest BCUT2D eigenvalue weighted by Crippen LogP contribution is 2.24. The van der Waals surface area contributed by atoms with E-state index in [0.717, 1.165) is 10.9 Å². The van der Waals surface area contributed by atoms with Crippen molar-refractivity contribution in [1.29, 1.82) is 0 Å². The van der Waals surface area contributed by atoms with E-state index in [1.807, 2.05) is 0 Å². The van der Waals surface area contributed by atoms with Gasteiger partial charge in [-0.05, 0) is 0 Å². The van der Waals surface area contributed by atoms with E-state index >= 15 is 0 Å². The Morgan fingerprint density at radius 2 is 2.24 bits per heavy atom. The first-order valence-corrected chi connectivity index (χ1v) is 4.93. The molecule has 1 unspecified atom stereocenters. The molecule has 17 heavy (non-hydrogen) atoms. The topological polar surface area (TPSA) is 146 Å². The molecule has 9 nitrogen and oxygen atoms in total. The molecule has 6 N–H and O–H groups in total. The molecular formula is C8H13N4O5+. The number of H-pyrrole nitrogens is 1. The molecule has 0 aromatic carbocycles. The van der Waals surface area contributed by atoms with Gasteiger partial charge in [0.05, 0.1) is 6.61 Å². The van der Waals surface area contributed by atoms with Crippen molar-refractivity contribution < 1.29 is 24.6 Å². The molecule has 1 fully saturated rings. The Morgan fingerprint density at radius 3 is 2.76 bits per heavy atom. The van der Waals surface area contributed by atoms with Gasteiger partial charge in [0.25, 0.3) is 0 Å². The van der Waals surface area contributed by atoms with Crippen molar-refractivity contribution in [3.05, 3.63) is 16.8 Å². The zero-order valence-electron chi connectivity index (χ0n) is 8.72. The van der Waals surface area contributed by atoms with Gasteiger partial charge >= 0.3 is 11.6 Å². The number of hydrogen-bond donors (Lipinski definition) is 5. The fourth-order valence-corrected chi connectivity index (χ4v) is 1.67. The predicted molar refractivity (Wildman–Crippen MR) is 52.5 cm³/mol. The number of nitrogen functional groups attached to an aromatic ring is 1. The Morgan fingerprint density at radius 1 is 1.53 bits per heavy atom. The molecule has 2 heterocycles. The van der Waals surface area contributed by atoms with E-state index in [1.165, 1.54) is 0 Å². The van der Waals surface area contributed by atoms with Crippen LogP contribution in [0, 0.1) is 0 Å². The van der Waals surface area contributed by atoms with E-state index in [2.05, 4.69) is 9.97 Å². The van der Waals surface area contributed by atoms with Gasteiger partial charge in [-0.3, -0.25) is 0 Å². The van der Waals surface area contributed by atoms with Crippen LogP contribution in [-0.2, 0) is 4.74 Å². The number of aliphatic hydroxyl groups excluding tert-OH is 3. The molecule has 0 radical (unpaired) electrons. The molecule has 1 aromatic heterocycles. The molecule has 0 aliphatic carbocycles. The number of aromatic nitrogens is 3. The van der Waals surface area contributed by atoms with E-state index in [-0.39, 0.29) is 5.95 Å². The Hall–Kier alpha value is -1.55. The molecule has 0 bridgehead atoms. The van der Waals surface area contributed by atoms with E-state index in [1.54, 1.807) is 0 Å². The second kappa shape index (κ2) is 4.37. The van der Waals surface area contributed by atoms with Gasteiger partial charge in [-0.2, -0.15) is 9.55 Å². The summed E-state index contributed by atoms with van der Waals surface area (Å²) in [5.41, 5.74) is 4.64. The second-order valence-corrected chi connectivity index (χ2v) is 3.70. The summed E-state index contributed by atoms with van der Waals surface area (Å²) in [5.74, 6) is -0.0713. The first kappa shape index (κ1) is 11.9. The lowest BCUT2D eigenvalue weighted by atomic mass is 10.1. The van der Waals surface area contributed by atoms with Gasteiger partial charge in [-0.1, -0.05) is 4.98 Å². The minimum absolute atomic E-state index is 0.0713. The molecule has 9 heteroatoms. The summed E-state index contributed by atoms with van der Waals surface area (Å²) in [4.78, 5) is 17.4. The fraction of sp³-hybridized carbons (Fsp3) is 0.625. The van der Waals surface area contributed by atoms with Crippen molar-refractivity contribution in [2.24, 2.45) is 0 Å². The quantitative estimate of drug-likeness (QED) is 0.336. The third-order valence-corrected chi connectivity index (χ3v) is 2.58. The standard InChI is InChI=1S/C8H12N4O5/c9-7-10-2-12(8(16)11-7)6-5(15)4(14)3(1-13)17-6/h2-6,13-15H,1H2,(H2,9,11,16)/p+1/t3-,4+,5?,6-/m1/s1. The van der Waals surface area contributed by atoms with E-state index < -0.39 is 36.8 Å². The smallest absolute Gasteiger partial charge is 0.394 e. The maximum atomic E-state index is 11.5. The van der Waals surface area contributed by atoms with Crippen molar-refractivity contribution in [2.75, 3.05) is 12.3 Å². The summed E-state index contributed by atoms with van der Waals surface area (Å²) in [6.07, 6.45) is -3.56. The number of aliphatic hydroxyl groups is 3. The zero-order chi connectivity index (χ0) is 12.6. The average molecular weight is 245 g/mol. The summed E-state index contributed by atoms with van der Waals surface area (Å²) in [5, 5.41) is 28.1. The van der Waals surface area contributed by atoms with Crippen LogP contribution in [0.4, 0.5) is 5.95 Å². The molecule has 0 amide bonds. The molecule has 94 valence electrons.